The van der Waals surface area contributed by atoms with Crippen molar-refractivity contribution >= 4 is 16.5 Å². The maximum absolute atomic E-state index is 4.67. The summed E-state index contributed by atoms with van der Waals surface area (Å²) < 4.78 is 0. The van der Waals surface area contributed by atoms with Crippen molar-refractivity contribution in [3.8, 4) is 0 Å². The van der Waals surface area contributed by atoms with Gasteiger partial charge in [-0.25, -0.2) is 4.98 Å². The molecule has 0 aliphatic carbocycles. The molecular formula is C16H28N4S. The number of aromatic nitrogens is 1. The van der Waals surface area contributed by atoms with Gasteiger partial charge in [-0.15, -0.1) is 11.3 Å². The van der Waals surface area contributed by atoms with Crippen molar-refractivity contribution < 1.29 is 0 Å². The van der Waals surface area contributed by atoms with Gasteiger partial charge in [0.25, 0.3) is 0 Å². The summed E-state index contributed by atoms with van der Waals surface area (Å²) in [4.78, 5) is 11.1. The van der Waals surface area contributed by atoms with E-state index in [0.717, 1.165) is 38.3 Å². The van der Waals surface area contributed by atoms with Crippen LogP contribution in [-0.2, 0) is 6.54 Å². The molecule has 118 valence electrons. The number of fused-ring (bicyclic) bond motifs is 2. The first-order valence-electron chi connectivity index (χ1n) is 8.26. The molecule has 21 heavy (non-hydrogen) atoms. The number of likely N-dealkylation sites (N-methyl/N-ethyl adjacent to an activating group) is 1. The lowest BCUT2D eigenvalue weighted by Crippen LogP contribution is -2.36. The highest BCUT2D eigenvalue weighted by Crippen LogP contribution is 2.32. The smallest absolute Gasteiger partial charge is 0.185 e. The molecular weight excluding hydrogens is 280 g/mol. The number of hydrogen-bond acceptors (Lipinski definition) is 5. The Morgan fingerprint density at radius 1 is 1.33 bits per heavy atom. The van der Waals surface area contributed by atoms with E-state index >= 15 is 0 Å². The molecule has 2 unspecified atom stereocenters. The number of rotatable bonds is 5. The van der Waals surface area contributed by atoms with Crippen LogP contribution in [0.4, 0.5) is 5.13 Å². The van der Waals surface area contributed by atoms with E-state index in [1.165, 1.54) is 29.3 Å². The zero-order valence-corrected chi connectivity index (χ0v) is 14.3. The third kappa shape index (κ3) is 3.58. The molecule has 0 amide bonds. The maximum Gasteiger partial charge on any atom is 0.185 e. The highest BCUT2D eigenvalue weighted by Gasteiger charge is 2.35. The fraction of sp³-hybridized carbons (Fsp3) is 0.812. The molecule has 2 fully saturated rings. The normalized spacial score (nSPS) is 26.6. The van der Waals surface area contributed by atoms with Crippen LogP contribution in [0.1, 0.15) is 38.0 Å². The van der Waals surface area contributed by atoms with E-state index in [1.807, 2.05) is 11.3 Å². The van der Waals surface area contributed by atoms with Gasteiger partial charge in [0.2, 0.25) is 0 Å². The first-order valence-corrected chi connectivity index (χ1v) is 9.07. The van der Waals surface area contributed by atoms with Gasteiger partial charge < -0.3 is 10.2 Å². The third-order valence-corrected chi connectivity index (χ3v) is 5.87. The molecule has 2 aliphatic heterocycles. The second-order valence-corrected chi connectivity index (χ2v) is 8.01. The minimum Gasteiger partial charge on any atom is -0.346 e. The van der Waals surface area contributed by atoms with Crippen LogP contribution < -0.4 is 10.2 Å². The first-order chi connectivity index (χ1) is 10.1. The summed E-state index contributed by atoms with van der Waals surface area (Å²) in [5.41, 5.74) is 0. The summed E-state index contributed by atoms with van der Waals surface area (Å²) in [5, 5.41) is 4.73. The third-order valence-electron chi connectivity index (χ3n) is 4.81. The average Bonchev–Trinajstić information content (AvgIpc) is 2.96. The Bertz CT molecular complexity index is 459. The molecule has 3 rings (SSSR count). The van der Waals surface area contributed by atoms with E-state index < -0.39 is 0 Å². The van der Waals surface area contributed by atoms with Crippen LogP contribution in [0.3, 0.4) is 0 Å². The summed E-state index contributed by atoms with van der Waals surface area (Å²) in [7, 11) is 2.30. The van der Waals surface area contributed by atoms with Crippen molar-refractivity contribution in [3.05, 3.63) is 11.1 Å². The Balaban J connectivity index is 1.58. The standard InChI is InChI=1S/C16H28N4S/c1-12(2)8-17-9-15-10-18-16(21-15)20-7-6-13-4-5-14(11-20)19(13)3/h10,12-14,17H,4-9,11H2,1-3H3. The predicted octanol–water partition coefficient (Wildman–Crippen LogP) is 2.56. The Kier molecular flexibility index (Phi) is 4.82. The number of anilines is 1. The lowest BCUT2D eigenvalue weighted by Gasteiger charge is -2.25. The van der Waals surface area contributed by atoms with Gasteiger partial charge in [-0.05, 0) is 38.8 Å². The summed E-state index contributed by atoms with van der Waals surface area (Å²) >= 11 is 1.86. The second kappa shape index (κ2) is 6.63. The SMILES string of the molecule is CC(C)CNCc1cnc(N2CCC3CCC(C2)N3C)s1. The fourth-order valence-electron chi connectivity index (χ4n) is 3.49. The van der Waals surface area contributed by atoms with E-state index in [-0.39, 0.29) is 0 Å². The van der Waals surface area contributed by atoms with Crippen LogP contribution in [0.2, 0.25) is 0 Å². The number of nitrogens with one attached hydrogen (secondary N) is 1. The topological polar surface area (TPSA) is 31.4 Å². The molecule has 1 N–H and O–H groups in total. The van der Waals surface area contributed by atoms with Gasteiger partial charge in [0, 0.05) is 42.8 Å². The minimum atomic E-state index is 0.703. The Morgan fingerprint density at radius 3 is 2.95 bits per heavy atom. The van der Waals surface area contributed by atoms with Gasteiger partial charge in [0.1, 0.15) is 0 Å². The van der Waals surface area contributed by atoms with Crippen LogP contribution in [0.15, 0.2) is 6.20 Å². The van der Waals surface area contributed by atoms with Crippen molar-refractivity contribution in [2.45, 2.75) is 51.7 Å². The average molecular weight is 308 g/mol. The van der Waals surface area contributed by atoms with Crippen molar-refractivity contribution in [2.24, 2.45) is 5.92 Å². The molecule has 0 spiro atoms. The number of nitrogens with zero attached hydrogens (tertiary/aromatic N) is 3. The van der Waals surface area contributed by atoms with Crippen LogP contribution in [0.5, 0.6) is 0 Å². The highest BCUT2D eigenvalue weighted by atomic mass is 32.1. The molecule has 4 nitrogen and oxygen atoms in total. The quantitative estimate of drug-likeness (QED) is 0.906. The first kappa shape index (κ1) is 15.3. The molecule has 0 radical (unpaired) electrons. The van der Waals surface area contributed by atoms with Crippen molar-refractivity contribution in [1.82, 2.24) is 15.2 Å². The van der Waals surface area contributed by atoms with Crippen molar-refractivity contribution in [2.75, 3.05) is 31.6 Å². The van der Waals surface area contributed by atoms with Gasteiger partial charge in [0.15, 0.2) is 5.13 Å². The molecule has 1 aromatic heterocycles. The molecule has 0 aromatic carbocycles. The number of hydrogen-bond donors (Lipinski definition) is 1. The van der Waals surface area contributed by atoms with Crippen molar-refractivity contribution in [3.63, 3.8) is 0 Å². The zero-order valence-electron chi connectivity index (χ0n) is 13.5. The molecule has 2 saturated heterocycles. The van der Waals surface area contributed by atoms with E-state index in [9.17, 15) is 0 Å². The van der Waals surface area contributed by atoms with E-state index in [4.69, 9.17) is 0 Å². The molecule has 2 aliphatic rings. The molecule has 2 bridgehead atoms. The van der Waals surface area contributed by atoms with Crippen molar-refractivity contribution in [1.29, 1.82) is 0 Å². The Labute approximate surface area is 132 Å². The monoisotopic (exact) mass is 308 g/mol. The summed E-state index contributed by atoms with van der Waals surface area (Å²) in [5.74, 6) is 0.703. The lowest BCUT2D eigenvalue weighted by atomic mass is 10.1. The van der Waals surface area contributed by atoms with E-state index in [2.05, 4.69) is 47.2 Å². The Hall–Kier alpha value is -0.650. The maximum atomic E-state index is 4.67. The van der Waals surface area contributed by atoms with Crippen LogP contribution in [0.25, 0.3) is 0 Å². The van der Waals surface area contributed by atoms with Crippen LogP contribution >= 0.6 is 11.3 Å². The molecule has 2 atom stereocenters. The number of thiazole rings is 1. The summed E-state index contributed by atoms with van der Waals surface area (Å²) in [6.07, 6.45) is 6.08. The summed E-state index contributed by atoms with van der Waals surface area (Å²) in [6.45, 7) is 8.83. The van der Waals surface area contributed by atoms with Crippen LogP contribution in [0, 0.1) is 5.92 Å². The molecule has 1 aromatic rings. The van der Waals surface area contributed by atoms with Gasteiger partial charge in [-0.2, -0.15) is 0 Å². The summed E-state index contributed by atoms with van der Waals surface area (Å²) in [6, 6.07) is 1.52. The molecule has 0 saturated carbocycles. The van der Waals surface area contributed by atoms with Gasteiger partial charge in [-0.1, -0.05) is 13.8 Å². The highest BCUT2D eigenvalue weighted by molar-refractivity contribution is 7.15. The molecule has 3 heterocycles. The molecule has 5 heteroatoms. The second-order valence-electron chi connectivity index (χ2n) is 6.92. The fourth-order valence-corrected chi connectivity index (χ4v) is 4.41. The van der Waals surface area contributed by atoms with Gasteiger partial charge in [-0.3, -0.25) is 4.90 Å². The zero-order chi connectivity index (χ0) is 14.8. The van der Waals surface area contributed by atoms with Gasteiger partial charge >= 0.3 is 0 Å². The van der Waals surface area contributed by atoms with Gasteiger partial charge in [0.05, 0.1) is 0 Å². The largest absolute Gasteiger partial charge is 0.346 e. The van der Waals surface area contributed by atoms with E-state index in [0.29, 0.717) is 5.92 Å². The van der Waals surface area contributed by atoms with E-state index in [1.54, 1.807) is 0 Å². The Morgan fingerprint density at radius 2 is 2.14 bits per heavy atom. The predicted molar refractivity (Wildman–Crippen MR) is 90.1 cm³/mol. The van der Waals surface area contributed by atoms with Crippen LogP contribution in [-0.4, -0.2) is 48.6 Å². The minimum absolute atomic E-state index is 0.703. The lowest BCUT2D eigenvalue weighted by molar-refractivity contribution is 0.254.